The van der Waals surface area contributed by atoms with E-state index in [1.807, 2.05) is 25.1 Å². The molecule has 1 aliphatic carbocycles. The lowest BCUT2D eigenvalue weighted by Gasteiger charge is -2.22. The highest BCUT2D eigenvalue weighted by Crippen LogP contribution is 2.25. The van der Waals surface area contributed by atoms with Crippen LogP contribution in [0.1, 0.15) is 72.9 Å². The first kappa shape index (κ1) is 19.1. The predicted octanol–water partition coefficient (Wildman–Crippen LogP) is 3.07. The summed E-state index contributed by atoms with van der Waals surface area (Å²) in [6, 6.07) is 5.15. The number of aryl methyl sites for hydroxylation is 1. The fourth-order valence-corrected chi connectivity index (χ4v) is 3.33. The van der Waals surface area contributed by atoms with E-state index in [1.165, 1.54) is 6.42 Å². The number of aromatic nitrogens is 2. The van der Waals surface area contributed by atoms with Gasteiger partial charge in [-0.25, -0.2) is 4.98 Å². The zero-order chi connectivity index (χ0) is 19.2. The van der Waals surface area contributed by atoms with Crippen LogP contribution in [0.5, 0.6) is 0 Å². The molecule has 2 amide bonds. The van der Waals surface area contributed by atoms with Crippen LogP contribution in [0.4, 0.5) is 0 Å². The first-order chi connectivity index (χ1) is 13.0. The van der Waals surface area contributed by atoms with Gasteiger partial charge in [0.15, 0.2) is 5.69 Å². The molecule has 7 nitrogen and oxygen atoms in total. The molecule has 1 saturated carbocycles. The summed E-state index contributed by atoms with van der Waals surface area (Å²) in [7, 11) is 0. The molecule has 144 valence electrons. The largest absolute Gasteiger partial charge is 0.443 e. The Morgan fingerprint density at radius 1 is 1.26 bits per heavy atom. The van der Waals surface area contributed by atoms with Gasteiger partial charge in [0.1, 0.15) is 11.8 Å². The Hall–Kier alpha value is -2.70. The van der Waals surface area contributed by atoms with Crippen LogP contribution in [0.3, 0.4) is 0 Å². The second kappa shape index (κ2) is 8.79. The Bertz CT molecular complexity index is 782. The zero-order valence-electron chi connectivity index (χ0n) is 15.8. The lowest BCUT2D eigenvalue weighted by atomic mass is 9.88. The minimum Gasteiger partial charge on any atom is -0.443 e. The second-order valence-corrected chi connectivity index (χ2v) is 7.03. The van der Waals surface area contributed by atoms with Gasteiger partial charge in [0.05, 0.1) is 12.2 Å². The minimum absolute atomic E-state index is 0.0409. The molecular formula is C20H26N4O3. The Morgan fingerprint density at radius 3 is 2.74 bits per heavy atom. The van der Waals surface area contributed by atoms with Crippen molar-refractivity contribution in [3.8, 4) is 0 Å². The van der Waals surface area contributed by atoms with Crippen LogP contribution in [0.15, 0.2) is 28.8 Å². The number of hydrogen-bond acceptors (Lipinski definition) is 5. The van der Waals surface area contributed by atoms with Crippen molar-refractivity contribution in [2.24, 2.45) is 5.92 Å². The van der Waals surface area contributed by atoms with Gasteiger partial charge in [-0.2, -0.15) is 0 Å². The zero-order valence-corrected chi connectivity index (χ0v) is 15.8. The fraction of sp³-hybridized carbons (Fsp3) is 0.500. The number of rotatable bonds is 6. The molecule has 2 aromatic heterocycles. The molecule has 1 atom stereocenters. The maximum absolute atomic E-state index is 12.4. The van der Waals surface area contributed by atoms with Crippen LogP contribution in [0.2, 0.25) is 0 Å². The molecule has 2 aromatic rings. The maximum Gasteiger partial charge on any atom is 0.273 e. The highest BCUT2D eigenvalue weighted by atomic mass is 16.4. The van der Waals surface area contributed by atoms with Gasteiger partial charge in [-0.05, 0) is 38.8 Å². The molecule has 0 spiro atoms. The Morgan fingerprint density at radius 2 is 2.04 bits per heavy atom. The lowest BCUT2D eigenvalue weighted by molar-refractivity contribution is -0.126. The maximum atomic E-state index is 12.4. The molecule has 2 heterocycles. The van der Waals surface area contributed by atoms with Crippen LogP contribution in [-0.2, 0) is 11.3 Å². The molecule has 1 aliphatic rings. The molecule has 7 heteroatoms. The summed E-state index contributed by atoms with van der Waals surface area (Å²) in [4.78, 5) is 33.3. The van der Waals surface area contributed by atoms with Gasteiger partial charge in [-0.15, -0.1) is 0 Å². The van der Waals surface area contributed by atoms with Gasteiger partial charge in [0, 0.05) is 12.1 Å². The van der Waals surface area contributed by atoms with E-state index < -0.39 is 0 Å². The van der Waals surface area contributed by atoms with Crippen LogP contribution in [-0.4, -0.2) is 21.8 Å². The summed E-state index contributed by atoms with van der Waals surface area (Å²) in [5.41, 5.74) is 1.00. The number of carbonyl (C=O) groups excluding carboxylic acids is 2. The Kier molecular flexibility index (Phi) is 6.21. The van der Waals surface area contributed by atoms with Crippen LogP contribution in [0, 0.1) is 12.8 Å². The number of nitrogens with zero attached hydrogens (tertiary/aromatic N) is 2. The summed E-state index contributed by atoms with van der Waals surface area (Å²) in [6.07, 6.45) is 6.96. The van der Waals surface area contributed by atoms with Crippen molar-refractivity contribution in [1.82, 2.24) is 20.6 Å². The van der Waals surface area contributed by atoms with Gasteiger partial charge in [0.25, 0.3) is 5.91 Å². The van der Waals surface area contributed by atoms with E-state index in [1.54, 1.807) is 13.1 Å². The molecule has 0 bridgehead atoms. The lowest BCUT2D eigenvalue weighted by Crippen LogP contribution is -2.34. The second-order valence-electron chi connectivity index (χ2n) is 7.03. The predicted molar refractivity (Wildman–Crippen MR) is 99.8 cm³/mol. The number of hydrogen-bond donors (Lipinski definition) is 2. The number of nitrogens with one attached hydrogen (secondary N) is 2. The summed E-state index contributed by atoms with van der Waals surface area (Å²) in [5, 5.41) is 5.76. The standard InChI is InChI=1S/C20H26N4O3/c1-13(23-18(25)15-8-4-3-5-9-15)20-24-17(14(2)27-20)19(26)22-12-16-10-6-7-11-21-16/h6-7,10-11,13,15H,3-5,8-9,12H2,1-2H3,(H,22,26)(H,23,25)/t13-/m0/s1. The molecule has 0 aliphatic heterocycles. The summed E-state index contributed by atoms with van der Waals surface area (Å²) >= 11 is 0. The van der Waals surface area contributed by atoms with Gasteiger partial charge in [-0.1, -0.05) is 25.3 Å². The van der Waals surface area contributed by atoms with E-state index in [9.17, 15) is 9.59 Å². The van der Waals surface area contributed by atoms with Crippen molar-refractivity contribution in [2.75, 3.05) is 0 Å². The molecule has 1 fully saturated rings. The van der Waals surface area contributed by atoms with Crippen molar-refractivity contribution in [3.05, 3.63) is 47.4 Å². The van der Waals surface area contributed by atoms with E-state index in [0.29, 0.717) is 18.2 Å². The van der Waals surface area contributed by atoms with Crippen molar-refractivity contribution in [3.63, 3.8) is 0 Å². The first-order valence-corrected chi connectivity index (χ1v) is 9.50. The highest BCUT2D eigenvalue weighted by molar-refractivity contribution is 5.93. The van der Waals surface area contributed by atoms with Crippen LogP contribution >= 0.6 is 0 Å². The van der Waals surface area contributed by atoms with Crippen LogP contribution in [0.25, 0.3) is 0 Å². The molecule has 27 heavy (non-hydrogen) atoms. The van der Waals surface area contributed by atoms with E-state index >= 15 is 0 Å². The highest BCUT2D eigenvalue weighted by Gasteiger charge is 2.25. The van der Waals surface area contributed by atoms with Crippen molar-refractivity contribution < 1.29 is 14.0 Å². The third-order valence-electron chi connectivity index (χ3n) is 4.89. The van der Waals surface area contributed by atoms with Crippen LogP contribution < -0.4 is 10.6 Å². The third kappa shape index (κ3) is 4.93. The number of oxazole rings is 1. The average molecular weight is 370 g/mol. The monoisotopic (exact) mass is 370 g/mol. The quantitative estimate of drug-likeness (QED) is 0.814. The van der Waals surface area contributed by atoms with Crippen molar-refractivity contribution in [2.45, 2.75) is 58.5 Å². The molecular weight excluding hydrogens is 344 g/mol. The van der Waals surface area contributed by atoms with Crippen molar-refractivity contribution >= 4 is 11.8 Å². The topological polar surface area (TPSA) is 97.1 Å². The van der Waals surface area contributed by atoms with E-state index in [-0.39, 0.29) is 29.5 Å². The van der Waals surface area contributed by atoms with Gasteiger partial charge < -0.3 is 15.1 Å². The van der Waals surface area contributed by atoms with E-state index in [2.05, 4.69) is 20.6 Å². The Labute approximate surface area is 159 Å². The first-order valence-electron chi connectivity index (χ1n) is 9.50. The number of carbonyl (C=O) groups is 2. The molecule has 0 unspecified atom stereocenters. The van der Waals surface area contributed by atoms with Gasteiger partial charge in [0.2, 0.25) is 11.8 Å². The normalized spacial score (nSPS) is 15.9. The molecule has 0 radical (unpaired) electrons. The summed E-state index contributed by atoms with van der Waals surface area (Å²) in [5.74, 6) is 0.568. The Balaban J connectivity index is 1.59. The van der Waals surface area contributed by atoms with E-state index in [4.69, 9.17) is 4.42 Å². The average Bonchev–Trinajstić information content (AvgIpc) is 3.09. The molecule has 2 N–H and O–H groups in total. The van der Waals surface area contributed by atoms with Gasteiger partial charge >= 0.3 is 0 Å². The summed E-state index contributed by atoms with van der Waals surface area (Å²) in [6.45, 7) is 3.83. The smallest absolute Gasteiger partial charge is 0.273 e. The fourth-order valence-electron chi connectivity index (χ4n) is 3.33. The SMILES string of the molecule is Cc1oc([C@H](C)NC(=O)C2CCCCC2)nc1C(=O)NCc1ccccn1. The molecule has 3 rings (SSSR count). The summed E-state index contributed by atoms with van der Waals surface area (Å²) < 4.78 is 5.64. The molecule has 0 aromatic carbocycles. The third-order valence-corrected chi connectivity index (χ3v) is 4.89. The van der Waals surface area contributed by atoms with Gasteiger partial charge in [-0.3, -0.25) is 14.6 Å². The number of pyridine rings is 1. The minimum atomic E-state index is -0.379. The van der Waals surface area contributed by atoms with E-state index in [0.717, 1.165) is 31.4 Å². The number of amides is 2. The molecule has 0 saturated heterocycles. The van der Waals surface area contributed by atoms with Crippen molar-refractivity contribution in [1.29, 1.82) is 0 Å².